The summed E-state index contributed by atoms with van der Waals surface area (Å²) in [5.74, 6) is -0.431. The van der Waals surface area contributed by atoms with E-state index in [1.54, 1.807) is 13.0 Å². The summed E-state index contributed by atoms with van der Waals surface area (Å²) in [6.45, 7) is 3.93. The number of thioether (sulfide) groups is 1. The summed E-state index contributed by atoms with van der Waals surface area (Å²) in [6.07, 6.45) is 1.90. The van der Waals surface area contributed by atoms with Gasteiger partial charge in [-0.3, -0.25) is 9.59 Å². The van der Waals surface area contributed by atoms with Gasteiger partial charge in [-0.2, -0.15) is 0 Å². The molecule has 0 aliphatic carbocycles. The average Bonchev–Trinajstić information content (AvgIpc) is 2.87. The number of carbonyl (C=O) groups is 2. The fourth-order valence-corrected chi connectivity index (χ4v) is 3.60. The number of esters is 1. The maximum Gasteiger partial charge on any atom is 0.311 e. The van der Waals surface area contributed by atoms with Crippen LogP contribution in [-0.4, -0.2) is 28.8 Å². The number of fused-ring (bicyclic) bond motifs is 1. The lowest BCUT2D eigenvalue weighted by Gasteiger charge is -2.12. The minimum Gasteiger partial charge on any atom is -0.466 e. The lowest BCUT2D eigenvalue weighted by Crippen LogP contribution is -2.23. The highest BCUT2D eigenvalue weighted by atomic mass is 32.2. The number of para-hydroxylation sites is 3. The molecule has 0 bridgehead atoms. The molecule has 1 atom stereocenters. The summed E-state index contributed by atoms with van der Waals surface area (Å²) < 4.78 is 5.06. The van der Waals surface area contributed by atoms with Crippen molar-refractivity contribution in [3.05, 3.63) is 66.4 Å². The molecule has 0 spiro atoms. The van der Waals surface area contributed by atoms with Gasteiger partial charge < -0.3 is 15.4 Å². The van der Waals surface area contributed by atoms with Gasteiger partial charge in [0, 0.05) is 11.4 Å². The first-order valence-corrected chi connectivity index (χ1v) is 10.3. The summed E-state index contributed by atoms with van der Waals surface area (Å²) in [4.78, 5) is 29.2. The number of aliphatic imine (C=N–C) groups is 1. The maximum atomic E-state index is 12.6. The van der Waals surface area contributed by atoms with E-state index in [1.165, 1.54) is 11.8 Å². The zero-order valence-corrected chi connectivity index (χ0v) is 17.2. The van der Waals surface area contributed by atoms with Crippen molar-refractivity contribution in [1.82, 2.24) is 0 Å². The van der Waals surface area contributed by atoms with Crippen LogP contribution in [-0.2, 0) is 14.3 Å². The van der Waals surface area contributed by atoms with Crippen LogP contribution in [0.2, 0.25) is 0 Å². The third-order valence-electron chi connectivity index (χ3n) is 4.08. The van der Waals surface area contributed by atoms with E-state index >= 15 is 0 Å². The number of rotatable bonds is 6. The highest BCUT2D eigenvalue weighted by Gasteiger charge is 2.20. The molecule has 0 saturated carbocycles. The Bertz CT molecular complexity index is 941. The van der Waals surface area contributed by atoms with Crippen LogP contribution in [0.3, 0.4) is 0 Å². The molecule has 150 valence electrons. The molecular formula is C22H23N3O3S. The Morgan fingerprint density at radius 3 is 2.62 bits per heavy atom. The van der Waals surface area contributed by atoms with Crippen molar-refractivity contribution in [3.8, 4) is 0 Å². The van der Waals surface area contributed by atoms with E-state index in [4.69, 9.17) is 4.74 Å². The Morgan fingerprint density at radius 1 is 1.14 bits per heavy atom. The van der Waals surface area contributed by atoms with E-state index in [1.807, 2.05) is 61.5 Å². The molecule has 6 nitrogen and oxygen atoms in total. The predicted molar refractivity (Wildman–Crippen MR) is 119 cm³/mol. The number of anilines is 2. The molecule has 1 heterocycles. The van der Waals surface area contributed by atoms with E-state index in [-0.39, 0.29) is 23.5 Å². The largest absolute Gasteiger partial charge is 0.466 e. The Hall–Kier alpha value is -3.06. The molecule has 0 fully saturated rings. The van der Waals surface area contributed by atoms with Crippen LogP contribution in [0.15, 0.2) is 71.4 Å². The second-order valence-electron chi connectivity index (χ2n) is 6.36. The van der Waals surface area contributed by atoms with Crippen LogP contribution in [0, 0.1) is 0 Å². The van der Waals surface area contributed by atoms with Crippen LogP contribution in [0.25, 0.3) is 0 Å². The number of benzene rings is 2. The summed E-state index contributed by atoms with van der Waals surface area (Å²) in [7, 11) is 0. The SMILES string of the molecule is CCOC(=O)CC1=CC(SC(C)C(=O)Nc2ccccc2)=Nc2ccccc2N1. The molecule has 2 N–H and O–H groups in total. The molecule has 29 heavy (non-hydrogen) atoms. The van der Waals surface area contributed by atoms with Gasteiger partial charge in [0.2, 0.25) is 5.91 Å². The maximum absolute atomic E-state index is 12.6. The number of hydrogen-bond donors (Lipinski definition) is 2. The first-order chi connectivity index (χ1) is 14.0. The summed E-state index contributed by atoms with van der Waals surface area (Å²) in [5.41, 5.74) is 2.98. The van der Waals surface area contributed by atoms with Gasteiger partial charge in [0.25, 0.3) is 0 Å². The Morgan fingerprint density at radius 2 is 1.86 bits per heavy atom. The van der Waals surface area contributed by atoms with Gasteiger partial charge in [0.05, 0.1) is 34.7 Å². The van der Waals surface area contributed by atoms with Gasteiger partial charge in [-0.1, -0.05) is 42.1 Å². The summed E-state index contributed by atoms with van der Waals surface area (Å²) in [5, 5.41) is 6.43. The number of carbonyl (C=O) groups excluding carboxylic acids is 2. The highest BCUT2D eigenvalue weighted by Crippen LogP contribution is 2.32. The number of nitrogens with one attached hydrogen (secondary N) is 2. The number of amides is 1. The van der Waals surface area contributed by atoms with Crippen molar-refractivity contribution in [1.29, 1.82) is 0 Å². The van der Waals surface area contributed by atoms with Crippen molar-refractivity contribution in [2.45, 2.75) is 25.5 Å². The second-order valence-corrected chi connectivity index (χ2v) is 7.72. The molecule has 0 radical (unpaired) electrons. The molecule has 1 amide bonds. The lowest BCUT2D eigenvalue weighted by atomic mass is 10.2. The molecule has 1 unspecified atom stereocenters. The fourth-order valence-electron chi connectivity index (χ4n) is 2.71. The van der Waals surface area contributed by atoms with Crippen molar-refractivity contribution in [3.63, 3.8) is 0 Å². The smallest absolute Gasteiger partial charge is 0.311 e. The zero-order chi connectivity index (χ0) is 20.6. The molecule has 1 aliphatic heterocycles. The molecule has 1 aliphatic rings. The minimum absolute atomic E-state index is 0.104. The first kappa shape index (κ1) is 20.7. The molecular weight excluding hydrogens is 386 g/mol. The fraction of sp³-hybridized carbons (Fsp3) is 0.227. The van der Waals surface area contributed by atoms with Gasteiger partial charge in [0.1, 0.15) is 0 Å². The van der Waals surface area contributed by atoms with E-state index in [2.05, 4.69) is 15.6 Å². The summed E-state index contributed by atoms with van der Waals surface area (Å²) >= 11 is 1.34. The van der Waals surface area contributed by atoms with Gasteiger partial charge in [-0.15, -0.1) is 0 Å². The Labute approximate surface area is 174 Å². The molecule has 2 aromatic rings. The average molecular weight is 410 g/mol. The number of hydrogen-bond acceptors (Lipinski definition) is 6. The molecule has 7 heteroatoms. The van der Waals surface area contributed by atoms with Crippen LogP contribution in [0.4, 0.5) is 17.1 Å². The van der Waals surface area contributed by atoms with Crippen LogP contribution in [0.5, 0.6) is 0 Å². The molecule has 2 aromatic carbocycles. The van der Waals surface area contributed by atoms with E-state index < -0.39 is 0 Å². The topological polar surface area (TPSA) is 79.8 Å². The predicted octanol–water partition coefficient (Wildman–Crippen LogP) is 4.74. The minimum atomic E-state index is -0.376. The van der Waals surface area contributed by atoms with Crippen LogP contribution in [0.1, 0.15) is 20.3 Å². The molecule has 0 saturated heterocycles. The second kappa shape index (κ2) is 9.93. The Balaban J connectivity index is 1.77. The van der Waals surface area contributed by atoms with E-state index in [0.717, 1.165) is 17.1 Å². The zero-order valence-electron chi connectivity index (χ0n) is 16.3. The van der Waals surface area contributed by atoms with Gasteiger partial charge in [-0.05, 0) is 44.2 Å². The van der Waals surface area contributed by atoms with Crippen molar-refractivity contribution >= 4 is 45.7 Å². The van der Waals surface area contributed by atoms with Crippen LogP contribution < -0.4 is 10.6 Å². The Kier molecular flexibility index (Phi) is 7.08. The van der Waals surface area contributed by atoms with Crippen molar-refractivity contribution in [2.75, 3.05) is 17.2 Å². The first-order valence-electron chi connectivity index (χ1n) is 9.38. The third kappa shape index (κ3) is 5.96. The van der Waals surface area contributed by atoms with Gasteiger partial charge in [-0.25, -0.2) is 4.99 Å². The summed E-state index contributed by atoms with van der Waals surface area (Å²) in [6, 6.07) is 16.9. The lowest BCUT2D eigenvalue weighted by molar-refractivity contribution is -0.142. The molecule has 0 aromatic heterocycles. The quantitative estimate of drug-likeness (QED) is 0.674. The number of ether oxygens (including phenoxy) is 1. The van der Waals surface area contributed by atoms with Crippen molar-refractivity contribution < 1.29 is 14.3 Å². The van der Waals surface area contributed by atoms with Crippen molar-refractivity contribution in [2.24, 2.45) is 4.99 Å². The molecule has 3 rings (SSSR count). The van der Waals surface area contributed by atoms with Gasteiger partial charge >= 0.3 is 5.97 Å². The highest BCUT2D eigenvalue weighted by molar-refractivity contribution is 8.15. The van der Waals surface area contributed by atoms with Crippen LogP contribution >= 0.6 is 11.8 Å². The third-order valence-corrected chi connectivity index (χ3v) is 5.09. The standard InChI is InChI=1S/C22H23N3O3S/c1-3-28-21(26)14-17-13-20(25-19-12-8-7-11-18(19)23-17)29-15(2)22(27)24-16-9-5-4-6-10-16/h4-13,15,23H,3,14H2,1-2H3,(H,24,27). The van der Waals surface area contributed by atoms with Gasteiger partial charge in [0.15, 0.2) is 0 Å². The normalized spacial score (nSPS) is 13.7. The van der Waals surface area contributed by atoms with E-state index in [0.29, 0.717) is 17.3 Å². The van der Waals surface area contributed by atoms with E-state index in [9.17, 15) is 9.59 Å². The monoisotopic (exact) mass is 409 g/mol. The number of nitrogens with zero attached hydrogens (tertiary/aromatic N) is 1.